The number of benzene rings is 2. The van der Waals surface area contributed by atoms with Gasteiger partial charge in [0.25, 0.3) is 0 Å². The van der Waals surface area contributed by atoms with Crippen LogP contribution in [0.3, 0.4) is 0 Å². The van der Waals surface area contributed by atoms with Gasteiger partial charge in [-0.15, -0.1) is 0 Å². The smallest absolute Gasteiger partial charge is 1.00 e. The van der Waals surface area contributed by atoms with Crippen LogP contribution in [0, 0.1) is 41.5 Å². The Morgan fingerprint density at radius 3 is 1.95 bits per heavy atom. The summed E-state index contributed by atoms with van der Waals surface area (Å²) in [6.45, 7) is 12.5. The van der Waals surface area contributed by atoms with Crippen molar-refractivity contribution in [3.8, 4) is 0 Å². The van der Waals surface area contributed by atoms with Gasteiger partial charge in [0.1, 0.15) is 0 Å². The molecule has 0 amide bonds. The first-order valence-corrected chi connectivity index (χ1v) is 8.28. The SMILES string of the molecule is Cc1cc(C)c(C(=O)Pc2c(C)cccc2C)c(C)c1C.[H-].[Li+]. The van der Waals surface area contributed by atoms with Gasteiger partial charge in [0.2, 0.25) is 0 Å². The predicted molar refractivity (Wildman–Crippen MR) is 94.7 cm³/mol. The van der Waals surface area contributed by atoms with E-state index in [1.54, 1.807) is 0 Å². The molecule has 112 valence electrons. The standard InChI is InChI=1S/C19H23OP.Li.H/c1-11-8-7-9-12(2)18(11)21-19(20)17-14(4)10-13(3)15(5)16(17)6;;/h7-10,21H,1-6H3;;/q;+1;-1. The van der Waals surface area contributed by atoms with E-state index in [1.165, 1.54) is 27.6 Å². The first-order chi connectivity index (χ1) is 9.82. The van der Waals surface area contributed by atoms with Crippen molar-refractivity contribution in [1.29, 1.82) is 0 Å². The van der Waals surface area contributed by atoms with E-state index < -0.39 is 0 Å². The average Bonchev–Trinajstić information content (AvgIpc) is 2.40. The van der Waals surface area contributed by atoms with Crippen LogP contribution in [-0.2, 0) is 0 Å². The molecule has 0 fully saturated rings. The second-order valence-electron chi connectivity index (χ2n) is 5.86. The van der Waals surface area contributed by atoms with Crippen LogP contribution in [-0.4, -0.2) is 5.52 Å². The molecule has 0 N–H and O–H groups in total. The van der Waals surface area contributed by atoms with Gasteiger partial charge in [-0.05, 0) is 88.8 Å². The summed E-state index contributed by atoms with van der Waals surface area (Å²) in [5.74, 6) is 0. The maximum absolute atomic E-state index is 12.8. The molecular weight excluding hydrogens is 282 g/mol. The Morgan fingerprint density at radius 2 is 1.41 bits per heavy atom. The van der Waals surface area contributed by atoms with Crippen molar-refractivity contribution in [1.82, 2.24) is 0 Å². The number of rotatable bonds is 3. The summed E-state index contributed by atoms with van der Waals surface area (Å²) >= 11 is 0. The minimum Gasteiger partial charge on any atom is -1.00 e. The monoisotopic (exact) mass is 306 g/mol. The molecule has 2 rings (SSSR count). The van der Waals surface area contributed by atoms with Gasteiger partial charge in [-0.3, -0.25) is 4.79 Å². The predicted octanol–water partition coefficient (Wildman–Crippen LogP) is 1.80. The molecular formula is C19H24LiOP. The Kier molecular flexibility index (Phi) is 6.63. The van der Waals surface area contributed by atoms with Crippen LogP contribution in [0.4, 0.5) is 0 Å². The van der Waals surface area contributed by atoms with Crippen LogP contribution in [0.2, 0.25) is 0 Å². The molecule has 0 saturated heterocycles. The third-order valence-corrected chi connectivity index (χ3v) is 5.82. The number of carbonyl (C=O) groups excluding carboxylic acids is 1. The average molecular weight is 306 g/mol. The third-order valence-electron chi connectivity index (χ3n) is 4.30. The van der Waals surface area contributed by atoms with Crippen LogP contribution in [0.5, 0.6) is 0 Å². The Morgan fingerprint density at radius 1 is 0.864 bits per heavy atom. The van der Waals surface area contributed by atoms with Crippen molar-refractivity contribution in [3.63, 3.8) is 0 Å². The fourth-order valence-electron chi connectivity index (χ4n) is 2.82. The molecule has 0 heterocycles. The van der Waals surface area contributed by atoms with Crippen molar-refractivity contribution in [2.75, 3.05) is 0 Å². The summed E-state index contributed by atoms with van der Waals surface area (Å²) in [5.41, 5.74) is 8.31. The largest absolute Gasteiger partial charge is 1.00 e. The second-order valence-corrected chi connectivity index (χ2v) is 7.06. The maximum Gasteiger partial charge on any atom is 1.00 e. The van der Waals surface area contributed by atoms with Crippen LogP contribution < -0.4 is 24.2 Å². The zero-order chi connectivity index (χ0) is 15.7. The molecule has 22 heavy (non-hydrogen) atoms. The molecule has 0 aliphatic rings. The van der Waals surface area contributed by atoms with Crippen molar-refractivity contribution < 1.29 is 25.1 Å². The van der Waals surface area contributed by atoms with Crippen LogP contribution in [0.25, 0.3) is 0 Å². The van der Waals surface area contributed by atoms with E-state index in [2.05, 4.69) is 58.9 Å². The normalized spacial score (nSPS) is 10.8. The molecule has 0 spiro atoms. The van der Waals surface area contributed by atoms with E-state index in [1.807, 2.05) is 6.92 Å². The van der Waals surface area contributed by atoms with Crippen molar-refractivity contribution >= 4 is 19.4 Å². The van der Waals surface area contributed by atoms with E-state index in [0.29, 0.717) is 0 Å². The van der Waals surface area contributed by atoms with Gasteiger partial charge >= 0.3 is 18.9 Å². The molecule has 0 aliphatic heterocycles. The van der Waals surface area contributed by atoms with Crippen molar-refractivity contribution in [2.24, 2.45) is 0 Å². The molecule has 0 aliphatic carbocycles. The number of hydrogen-bond acceptors (Lipinski definition) is 1. The Bertz CT molecular complexity index is 706. The van der Waals surface area contributed by atoms with E-state index in [9.17, 15) is 4.79 Å². The molecule has 2 aromatic carbocycles. The van der Waals surface area contributed by atoms with Crippen LogP contribution in [0.15, 0.2) is 24.3 Å². The van der Waals surface area contributed by atoms with Gasteiger partial charge in [0.15, 0.2) is 5.52 Å². The summed E-state index contributed by atoms with van der Waals surface area (Å²) in [6, 6.07) is 8.35. The molecule has 0 saturated carbocycles. The molecule has 1 unspecified atom stereocenters. The fraction of sp³-hybridized carbons (Fsp3) is 0.316. The van der Waals surface area contributed by atoms with Crippen LogP contribution in [0.1, 0.15) is 45.2 Å². The molecule has 0 aromatic heterocycles. The van der Waals surface area contributed by atoms with E-state index >= 15 is 0 Å². The van der Waals surface area contributed by atoms with E-state index in [-0.39, 0.29) is 34.4 Å². The minimum atomic E-state index is 0. The second kappa shape index (κ2) is 7.61. The quantitative estimate of drug-likeness (QED) is 0.624. The summed E-state index contributed by atoms with van der Waals surface area (Å²) in [7, 11) is 0.200. The number of carbonyl (C=O) groups is 1. The third kappa shape index (κ3) is 3.72. The molecule has 3 heteroatoms. The zero-order valence-electron chi connectivity index (χ0n) is 15.7. The molecule has 2 aromatic rings. The molecule has 1 atom stereocenters. The zero-order valence-corrected chi connectivity index (χ0v) is 15.7. The molecule has 1 nitrogen and oxygen atoms in total. The molecule has 0 bridgehead atoms. The van der Waals surface area contributed by atoms with Gasteiger partial charge in [-0.2, -0.15) is 0 Å². The van der Waals surface area contributed by atoms with E-state index in [0.717, 1.165) is 16.7 Å². The van der Waals surface area contributed by atoms with Gasteiger partial charge in [0.05, 0.1) is 0 Å². The van der Waals surface area contributed by atoms with Gasteiger partial charge in [-0.25, -0.2) is 0 Å². The summed E-state index contributed by atoms with van der Waals surface area (Å²) in [5, 5.41) is 1.19. The number of hydrogen-bond donors (Lipinski definition) is 0. The topological polar surface area (TPSA) is 17.1 Å². The van der Waals surface area contributed by atoms with Crippen molar-refractivity contribution in [2.45, 2.75) is 41.5 Å². The first-order valence-electron chi connectivity index (χ1n) is 7.28. The fourth-order valence-corrected chi connectivity index (χ4v) is 4.12. The van der Waals surface area contributed by atoms with Crippen LogP contribution >= 0.6 is 8.58 Å². The Hall–Kier alpha value is -0.863. The van der Waals surface area contributed by atoms with Crippen molar-refractivity contribution in [3.05, 3.63) is 63.2 Å². The van der Waals surface area contributed by atoms with Gasteiger partial charge < -0.3 is 1.43 Å². The van der Waals surface area contributed by atoms with Gasteiger partial charge in [-0.1, -0.05) is 24.3 Å². The number of aryl methyl sites for hydroxylation is 4. The van der Waals surface area contributed by atoms with Gasteiger partial charge in [0, 0.05) is 5.56 Å². The molecule has 0 radical (unpaired) electrons. The minimum absolute atomic E-state index is 0. The first kappa shape index (κ1) is 19.2. The summed E-state index contributed by atoms with van der Waals surface area (Å²) < 4.78 is 0. The Balaban J connectivity index is 0.00000242. The maximum atomic E-state index is 12.8. The summed E-state index contributed by atoms with van der Waals surface area (Å²) in [4.78, 5) is 12.8. The Labute approximate surface area is 149 Å². The van der Waals surface area contributed by atoms with E-state index in [4.69, 9.17) is 0 Å². The summed E-state index contributed by atoms with van der Waals surface area (Å²) in [6.07, 6.45) is 0.